The number of furan rings is 1. The molecule has 128 valence electrons. The Labute approximate surface area is 155 Å². The zero-order valence-corrected chi connectivity index (χ0v) is 15.3. The van der Waals surface area contributed by atoms with E-state index in [4.69, 9.17) is 16.6 Å². The molecule has 5 nitrogen and oxygen atoms in total. The number of anilines is 1. The molecule has 0 bridgehead atoms. The van der Waals surface area contributed by atoms with Crippen LogP contribution in [0.3, 0.4) is 0 Å². The Hall–Kier alpha value is -2.38. The van der Waals surface area contributed by atoms with E-state index in [1.54, 1.807) is 25.1 Å². The Balaban J connectivity index is 1.76. The first-order valence-corrected chi connectivity index (χ1v) is 8.87. The molecule has 0 saturated carbocycles. The van der Waals surface area contributed by atoms with E-state index in [2.05, 4.69) is 5.32 Å². The Morgan fingerprint density at radius 3 is 2.76 bits per heavy atom. The molecule has 0 aliphatic carbocycles. The van der Waals surface area contributed by atoms with Crippen molar-refractivity contribution in [1.29, 1.82) is 0 Å². The van der Waals surface area contributed by atoms with Crippen LogP contribution in [-0.4, -0.2) is 27.1 Å². The molecule has 1 aliphatic rings. The molecule has 1 atom stereocenters. The van der Waals surface area contributed by atoms with Gasteiger partial charge in [0.15, 0.2) is 0 Å². The zero-order valence-electron chi connectivity index (χ0n) is 13.7. The van der Waals surface area contributed by atoms with Gasteiger partial charge in [-0.05, 0) is 37.6 Å². The van der Waals surface area contributed by atoms with Gasteiger partial charge in [0, 0.05) is 11.8 Å². The Bertz CT molecular complexity index is 859. The molecule has 0 spiro atoms. The number of aryl methyl sites for hydroxylation is 1. The first-order valence-electron chi connectivity index (χ1n) is 7.64. The maximum Gasteiger partial charge on any atom is 0.267 e. The first kappa shape index (κ1) is 17.4. The van der Waals surface area contributed by atoms with Gasteiger partial charge in [-0.3, -0.25) is 14.5 Å². The van der Waals surface area contributed by atoms with Crippen LogP contribution in [0, 0.1) is 6.92 Å². The average molecular weight is 372 g/mol. The zero-order chi connectivity index (χ0) is 18.0. The summed E-state index contributed by atoms with van der Waals surface area (Å²) in [6, 6.07) is 10.3. The number of thioether (sulfide) groups is 1. The molecule has 7 heteroatoms. The number of nitrogens with zero attached hydrogens (tertiary/aromatic N) is 1. The lowest BCUT2D eigenvalue weighted by Crippen LogP contribution is -2.44. The van der Waals surface area contributed by atoms with Gasteiger partial charge in [0.2, 0.25) is 5.91 Å². The quantitative estimate of drug-likeness (QED) is 0.653. The molecule has 2 aromatic rings. The summed E-state index contributed by atoms with van der Waals surface area (Å²) in [6.07, 6.45) is 3.16. The molecular formula is C18H16N2O3S2. The van der Waals surface area contributed by atoms with E-state index >= 15 is 0 Å². The minimum absolute atomic E-state index is 0.287. The van der Waals surface area contributed by atoms with Gasteiger partial charge in [0.1, 0.15) is 16.1 Å². The Morgan fingerprint density at radius 2 is 2.08 bits per heavy atom. The lowest BCUT2D eigenvalue weighted by molar-refractivity contribution is -0.129. The molecule has 0 radical (unpaired) electrons. The molecule has 1 saturated heterocycles. The predicted molar refractivity (Wildman–Crippen MR) is 103 cm³/mol. The lowest BCUT2D eigenvalue weighted by Gasteiger charge is -2.22. The van der Waals surface area contributed by atoms with Crippen molar-refractivity contribution < 1.29 is 14.0 Å². The second-order valence-corrected chi connectivity index (χ2v) is 7.22. The molecule has 1 aromatic carbocycles. The van der Waals surface area contributed by atoms with Crippen LogP contribution < -0.4 is 5.32 Å². The lowest BCUT2D eigenvalue weighted by atomic mass is 10.2. The highest BCUT2D eigenvalue weighted by molar-refractivity contribution is 8.26. The predicted octanol–water partition coefficient (Wildman–Crippen LogP) is 3.82. The fourth-order valence-corrected chi connectivity index (χ4v) is 3.78. The summed E-state index contributed by atoms with van der Waals surface area (Å²) >= 11 is 6.46. The summed E-state index contributed by atoms with van der Waals surface area (Å²) < 4.78 is 5.59. The fourth-order valence-electron chi connectivity index (χ4n) is 2.38. The van der Waals surface area contributed by atoms with Crippen molar-refractivity contribution in [2.45, 2.75) is 19.9 Å². The average Bonchev–Trinajstić information content (AvgIpc) is 3.18. The van der Waals surface area contributed by atoms with E-state index in [0.717, 1.165) is 23.0 Å². The molecule has 1 N–H and O–H groups in total. The van der Waals surface area contributed by atoms with Crippen molar-refractivity contribution in [2.24, 2.45) is 0 Å². The summed E-state index contributed by atoms with van der Waals surface area (Å²) in [5, 5.41) is 2.85. The van der Waals surface area contributed by atoms with Gasteiger partial charge in [-0.2, -0.15) is 0 Å². The van der Waals surface area contributed by atoms with Crippen molar-refractivity contribution in [2.75, 3.05) is 5.32 Å². The van der Waals surface area contributed by atoms with Crippen LogP contribution in [0.1, 0.15) is 18.2 Å². The molecule has 1 aliphatic heterocycles. The smallest absolute Gasteiger partial charge is 0.267 e. The number of benzene rings is 1. The van der Waals surface area contributed by atoms with Crippen molar-refractivity contribution in [1.82, 2.24) is 4.90 Å². The van der Waals surface area contributed by atoms with Crippen LogP contribution in [0.4, 0.5) is 5.69 Å². The molecule has 1 unspecified atom stereocenters. The van der Waals surface area contributed by atoms with Crippen LogP contribution in [0.5, 0.6) is 0 Å². The third-order valence-corrected chi connectivity index (χ3v) is 5.14. The highest BCUT2D eigenvalue weighted by atomic mass is 32.2. The second-order valence-electron chi connectivity index (χ2n) is 5.55. The number of rotatable bonds is 4. The number of hydrogen-bond donors (Lipinski definition) is 1. The van der Waals surface area contributed by atoms with Gasteiger partial charge >= 0.3 is 0 Å². The fraction of sp³-hybridized carbons (Fsp3) is 0.167. The van der Waals surface area contributed by atoms with Crippen molar-refractivity contribution in [3.63, 3.8) is 0 Å². The SMILES string of the molecule is Cc1ccccc1NC(=O)C(C)N1C(=O)/C(=C/c2ccco2)SC1=S. The number of nitrogens with one attached hydrogen (secondary N) is 1. The standard InChI is InChI=1S/C18H16N2O3S2/c1-11-6-3-4-8-14(11)19-16(21)12(2)20-17(22)15(25-18(20)24)10-13-7-5-9-23-13/h3-10,12H,1-2H3,(H,19,21)/b15-10-. The molecule has 1 fully saturated rings. The van der Waals surface area contributed by atoms with Gasteiger partial charge in [-0.25, -0.2) is 0 Å². The number of para-hydroxylation sites is 1. The summed E-state index contributed by atoms with van der Waals surface area (Å²) in [6.45, 7) is 3.57. The van der Waals surface area contributed by atoms with Crippen molar-refractivity contribution >= 4 is 51.9 Å². The summed E-state index contributed by atoms with van der Waals surface area (Å²) in [5.41, 5.74) is 1.67. The van der Waals surface area contributed by atoms with E-state index < -0.39 is 6.04 Å². The van der Waals surface area contributed by atoms with E-state index in [1.165, 1.54) is 11.2 Å². The van der Waals surface area contributed by atoms with Gasteiger partial charge < -0.3 is 9.73 Å². The van der Waals surface area contributed by atoms with E-state index in [1.807, 2.05) is 31.2 Å². The highest BCUT2D eigenvalue weighted by Gasteiger charge is 2.38. The van der Waals surface area contributed by atoms with Crippen LogP contribution in [0.25, 0.3) is 6.08 Å². The van der Waals surface area contributed by atoms with Crippen molar-refractivity contribution in [3.8, 4) is 0 Å². The topological polar surface area (TPSA) is 62.6 Å². The number of carbonyl (C=O) groups is 2. The number of amides is 2. The molecule has 2 amide bonds. The van der Waals surface area contributed by atoms with Crippen LogP contribution >= 0.6 is 24.0 Å². The minimum Gasteiger partial charge on any atom is -0.465 e. The normalized spacial score (nSPS) is 17.2. The third kappa shape index (κ3) is 3.67. The monoisotopic (exact) mass is 372 g/mol. The largest absolute Gasteiger partial charge is 0.465 e. The summed E-state index contributed by atoms with van der Waals surface area (Å²) in [5.74, 6) is -0.0128. The first-order chi connectivity index (χ1) is 12.0. The molecule has 3 rings (SSSR count). The van der Waals surface area contributed by atoms with E-state index in [-0.39, 0.29) is 11.8 Å². The summed E-state index contributed by atoms with van der Waals surface area (Å²) in [4.78, 5) is 27.0. The highest BCUT2D eigenvalue weighted by Crippen LogP contribution is 2.34. The molecule has 25 heavy (non-hydrogen) atoms. The van der Waals surface area contributed by atoms with Crippen LogP contribution in [0.2, 0.25) is 0 Å². The molecular weight excluding hydrogens is 356 g/mol. The maximum absolute atomic E-state index is 12.6. The number of carbonyl (C=O) groups excluding carboxylic acids is 2. The van der Waals surface area contributed by atoms with Gasteiger partial charge in [-0.1, -0.05) is 42.2 Å². The Kier molecular flexibility index (Phi) is 5.06. The Morgan fingerprint density at radius 1 is 1.32 bits per heavy atom. The maximum atomic E-state index is 12.6. The van der Waals surface area contributed by atoms with Crippen LogP contribution in [0.15, 0.2) is 52.0 Å². The van der Waals surface area contributed by atoms with Gasteiger partial charge in [0.25, 0.3) is 5.91 Å². The summed E-state index contributed by atoms with van der Waals surface area (Å²) in [7, 11) is 0. The third-order valence-electron chi connectivity index (χ3n) is 3.81. The number of thiocarbonyl (C=S) groups is 1. The van der Waals surface area contributed by atoms with E-state index in [9.17, 15) is 9.59 Å². The van der Waals surface area contributed by atoms with Crippen LogP contribution in [-0.2, 0) is 9.59 Å². The molecule has 1 aromatic heterocycles. The molecule has 2 heterocycles. The second kappa shape index (κ2) is 7.25. The number of hydrogen-bond acceptors (Lipinski definition) is 5. The van der Waals surface area contributed by atoms with E-state index in [0.29, 0.717) is 15.0 Å². The minimum atomic E-state index is -0.713. The van der Waals surface area contributed by atoms with Gasteiger partial charge in [0.05, 0.1) is 11.2 Å². The van der Waals surface area contributed by atoms with Gasteiger partial charge in [-0.15, -0.1) is 0 Å². The van der Waals surface area contributed by atoms with Crippen molar-refractivity contribution in [3.05, 3.63) is 58.9 Å².